The third-order valence-corrected chi connectivity index (χ3v) is 4.24. The Morgan fingerprint density at radius 3 is 2.52 bits per heavy atom. The quantitative estimate of drug-likeness (QED) is 0.664. The van der Waals surface area contributed by atoms with Gasteiger partial charge in [-0.05, 0) is 43.7 Å². The molecule has 0 radical (unpaired) electrons. The Labute approximate surface area is 143 Å². The van der Waals surface area contributed by atoms with Crippen molar-refractivity contribution in [1.29, 1.82) is 0 Å². The highest BCUT2D eigenvalue weighted by Crippen LogP contribution is 2.33. The van der Waals surface area contributed by atoms with Crippen molar-refractivity contribution in [1.82, 2.24) is 4.98 Å². The molecule has 0 fully saturated rings. The highest BCUT2D eigenvalue weighted by molar-refractivity contribution is 6.38. The van der Waals surface area contributed by atoms with Crippen LogP contribution in [-0.4, -0.2) is 16.1 Å². The monoisotopic (exact) mass is 345 g/mol. The van der Waals surface area contributed by atoms with Crippen LogP contribution in [0, 0.1) is 13.8 Å². The minimum atomic E-state index is -1.04. The maximum Gasteiger partial charge on any atom is 0.336 e. The summed E-state index contributed by atoms with van der Waals surface area (Å²) < 4.78 is 0. The summed E-state index contributed by atoms with van der Waals surface area (Å²) in [7, 11) is 0. The van der Waals surface area contributed by atoms with Gasteiger partial charge in [0.25, 0.3) is 0 Å². The van der Waals surface area contributed by atoms with E-state index in [0.717, 1.165) is 16.7 Å². The molecule has 1 N–H and O–H groups in total. The Bertz CT molecular complexity index is 951. The van der Waals surface area contributed by atoms with Gasteiger partial charge in [-0.25, -0.2) is 9.78 Å². The van der Waals surface area contributed by atoms with E-state index in [2.05, 4.69) is 4.98 Å². The second-order valence-corrected chi connectivity index (χ2v) is 6.31. The van der Waals surface area contributed by atoms with Crippen molar-refractivity contribution in [3.63, 3.8) is 0 Å². The van der Waals surface area contributed by atoms with E-state index in [1.807, 2.05) is 32.0 Å². The first-order valence-corrected chi connectivity index (χ1v) is 7.73. The van der Waals surface area contributed by atoms with Crippen LogP contribution in [-0.2, 0) is 0 Å². The number of aromatic carboxylic acids is 1. The van der Waals surface area contributed by atoms with E-state index < -0.39 is 5.97 Å². The van der Waals surface area contributed by atoms with Crippen molar-refractivity contribution >= 4 is 40.1 Å². The van der Waals surface area contributed by atoms with Crippen molar-refractivity contribution in [2.45, 2.75) is 13.8 Å². The number of aryl methyl sites for hydroxylation is 2. The standard InChI is InChI=1S/C18H13Cl2NO2/c1-9-3-4-10(2)12(5-9)16-8-14(18(22)23)13-6-11(19)7-15(20)17(13)21-16/h3-8H,1-2H3,(H,22,23). The molecule has 0 aliphatic carbocycles. The van der Waals surface area contributed by atoms with Gasteiger partial charge in [-0.2, -0.15) is 0 Å². The smallest absolute Gasteiger partial charge is 0.336 e. The predicted octanol–water partition coefficient (Wildman–Crippen LogP) is 5.52. The second kappa shape index (κ2) is 5.84. The lowest BCUT2D eigenvalue weighted by Gasteiger charge is -2.11. The molecule has 3 rings (SSSR count). The molecule has 0 spiro atoms. The van der Waals surface area contributed by atoms with Gasteiger partial charge in [0.05, 0.1) is 21.8 Å². The van der Waals surface area contributed by atoms with E-state index >= 15 is 0 Å². The van der Waals surface area contributed by atoms with Crippen LogP contribution in [0.1, 0.15) is 21.5 Å². The largest absolute Gasteiger partial charge is 0.478 e. The van der Waals surface area contributed by atoms with Gasteiger partial charge in [0.15, 0.2) is 0 Å². The van der Waals surface area contributed by atoms with E-state index in [4.69, 9.17) is 23.2 Å². The van der Waals surface area contributed by atoms with Gasteiger partial charge in [0.2, 0.25) is 0 Å². The summed E-state index contributed by atoms with van der Waals surface area (Å²) in [6.45, 7) is 3.94. The van der Waals surface area contributed by atoms with Crippen LogP contribution in [0.3, 0.4) is 0 Å². The Hall–Kier alpha value is -2.10. The molecule has 0 atom stereocenters. The minimum absolute atomic E-state index is 0.135. The van der Waals surface area contributed by atoms with Crippen LogP contribution >= 0.6 is 23.2 Å². The highest BCUT2D eigenvalue weighted by atomic mass is 35.5. The molecule has 1 heterocycles. The van der Waals surface area contributed by atoms with E-state index in [9.17, 15) is 9.90 Å². The lowest BCUT2D eigenvalue weighted by molar-refractivity contribution is 0.0699. The normalized spacial score (nSPS) is 11.0. The number of fused-ring (bicyclic) bond motifs is 1. The predicted molar refractivity (Wildman–Crippen MR) is 93.6 cm³/mol. The van der Waals surface area contributed by atoms with E-state index in [0.29, 0.717) is 26.6 Å². The third kappa shape index (κ3) is 2.90. The number of carboxylic acid groups (broad SMARTS) is 1. The van der Waals surface area contributed by atoms with E-state index in [1.165, 1.54) is 0 Å². The molecule has 0 aliphatic heterocycles. The Morgan fingerprint density at radius 1 is 1.09 bits per heavy atom. The van der Waals surface area contributed by atoms with Crippen molar-refractivity contribution in [3.05, 3.63) is 63.1 Å². The molecule has 2 aromatic carbocycles. The Balaban J connectivity index is 2.40. The molecule has 0 unspecified atom stereocenters. The van der Waals surface area contributed by atoms with Gasteiger partial charge < -0.3 is 5.11 Å². The molecule has 5 heteroatoms. The summed E-state index contributed by atoms with van der Waals surface area (Å²) in [4.78, 5) is 16.2. The van der Waals surface area contributed by atoms with Gasteiger partial charge in [-0.3, -0.25) is 0 Å². The average Bonchev–Trinajstić information content (AvgIpc) is 2.48. The number of hydrogen-bond acceptors (Lipinski definition) is 2. The Morgan fingerprint density at radius 2 is 1.83 bits per heavy atom. The second-order valence-electron chi connectivity index (χ2n) is 5.46. The highest BCUT2D eigenvalue weighted by Gasteiger charge is 2.16. The zero-order chi connectivity index (χ0) is 16.7. The molecule has 1 aromatic heterocycles. The number of benzene rings is 2. The number of carboxylic acids is 1. The molecule has 116 valence electrons. The van der Waals surface area contributed by atoms with Crippen molar-refractivity contribution in [3.8, 4) is 11.3 Å². The SMILES string of the molecule is Cc1ccc(C)c(-c2cc(C(=O)O)c3cc(Cl)cc(Cl)c3n2)c1. The molecule has 0 saturated heterocycles. The fraction of sp³-hybridized carbons (Fsp3) is 0.111. The molecule has 0 aliphatic rings. The summed E-state index contributed by atoms with van der Waals surface area (Å²) in [6.07, 6.45) is 0. The van der Waals surface area contributed by atoms with Crippen LogP contribution in [0.4, 0.5) is 0 Å². The van der Waals surface area contributed by atoms with Crippen LogP contribution in [0.15, 0.2) is 36.4 Å². The van der Waals surface area contributed by atoms with Crippen LogP contribution in [0.5, 0.6) is 0 Å². The van der Waals surface area contributed by atoms with Crippen LogP contribution < -0.4 is 0 Å². The van der Waals surface area contributed by atoms with E-state index in [-0.39, 0.29) is 5.56 Å². The minimum Gasteiger partial charge on any atom is -0.478 e. The van der Waals surface area contributed by atoms with Crippen molar-refractivity contribution < 1.29 is 9.90 Å². The zero-order valence-corrected chi connectivity index (χ0v) is 14.0. The Kier molecular flexibility index (Phi) is 4.00. The van der Waals surface area contributed by atoms with Crippen LogP contribution in [0.25, 0.3) is 22.2 Å². The van der Waals surface area contributed by atoms with Gasteiger partial charge in [0, 0.05) is 16.0 Å². The van der Waals surface area contributed by atoms with Crippen LogP contribution in [0.2, 0.25) is 10.0 Å². The third-order valence-electron chi connectivity index (χ3n) is 3.73. The lowest BCUT2D eigenvalue weighted by Crippen LogP contribution is -2.01. The molecule has 3 nitrogen and oxygen atoms in total. The van der Waals surface area contributed by atoms with Crippen molar-refractivity contribution in [2.24, 2.45) is 0 Å². The van der Waals surface area contributed by atoms with Gasteiger partial charge in [0.1, 0.15) is 0 Å². The lowest BCUT2D eigenvalue weighted by atomic mass is 9.99. The number of rotatable bonds is 2. The molecular formula is C18H13Cl2NO2. The van der Waals surface area contributed by atoms with E-state index in [1.54, 1.807) is 18.2 Å². The number of aromatic nitrogens is 1. The number of nitrogens with zero attached hydrogens (tertiary/aromatic N) is 1. The number of carbonyl (C=O) groups is 1. The summed E-state index contributed by atoms with van der Waals surface area (Å²) in [5, 5.41) is 10.7. The fourth-order valence-electron chi connectivity index (χ4n) is 2.58. The average molecular weight is 346 g/mol. The summed E-state index contributed by atoms with van der Waals surface area (Å²) in [5.41, 5.74) is 4.14. The first-order chi connectivity index (χ1) is 10.9. The van der Waals surface area contributed by atoms with Crippen molar-refractivity contribution in [2.75, 3.05) is 0 Å². The first-order valence-electron chi connectivity index (χ1n) is 6.97. The molecule has 23 heavy (non-hydrogen) atoms. The zero-order valence-electron chi connectivity index (χ0n) is 12.5. The fourth-order valence-corrected chi connectivity index (χ4v) is 3.11. The number of halogens is 2. The number of pyridine rings is 1. The molecular weight excluding hydrogens is 333 g/mol. The van der Waals surface area contributed by atoms with Gasteiger partial charge in [-0.1, -0.05) is 40.9 Å². The maximum atomic E-state index is 11.7. The topological polar surface area (TPSA) is 50.2 Å². The summed E-state index contributed by atoms with van der Waals surface area (Å²) in [5.74, 6) is -1.04. The summed E-state index contributed by atoms with van der Waals surface area (Å²) >= 11 is 12.2. The summed E-state index contributed by atoms with van der Waals surface area (Å²) in [6, 6.07) is 10.7. The number of hydrogen-bond donors (Lipinski definition) is 1. The molecule has 0 amide bonds. The maximum absolute atomic E-state index is 11.7. The molecule has 3 aromatic rings. The molecule has 0 bridgehead atoms. The first kappa shape index (κ1) is 15.8. The molecule has 0 saturated carbocycles. The van der Waals surface area contributed by atoms with Gasteiger partial charge in [-0.15, -0.1) is 0 Å². The van der Waals surface area contributed by atoms with Gasteiger partial charge >= 0.3 is 5.97 Å².